The van der Waals surface area contributed by atoms with Gasteiger partial charge < -0.3 is 14.6 Å². The third kappa shape index (κ3) is 3.66. The van der Waals surface area contributed by atoms with E-state index in [9.17, 15) is 4.79 Å². The van der Waals surface area contributed by atoms with Crippen LogP contribution in [0.2, 0.25) is 0 Å². The van der Waals surface area contributed by atoms with E-state index in [0.29, 0.717) is 12.1 Å². The first-order valence-electron chi connectivity index (χ1n) is 11.7. The molecule has 1 fully saturated rings. The molecular formula is C26H32N4O2. The van der Waals surface area contributed by atoms with Gasteiger partial charge in [-0.1, -0.05) is 30.3 Å². The molecule has 0 spiro atoms. The number of anilines is 1. The maximum Gasteiger partial charge on any atom is 0.414 e. The third-order valence-electron chi connectivity index (χ3n) is 7.07. The number of carbonyl (C=O) groups is 1. The van der Waals surface area contributed by atoms with Crippen LogP contribution in [0.3, 0.4) is 0 Å². The van der Waals surface area contributed by atoms with Gasteiger partial charge in [-0.15, -0.1) is 0 Å². The van der Waals surface area contributed by atoms with Crippen molar-refractivity contribution in [2.75, 3.05) is 18.6 Å². The number of nitrogens with zero attached hydrogens (tertiary/aromatic N) is 3. The Morgan fingerprint density at radius 2 is 1.97 bits per heavy atom. The number of carbonyl (C=O) groups excluding carboxylic acids is 1. The smallest absolute Gasteiger partial charge is 0.414 e. The van der Waals surface area contributed by atoms with Crippen molar-refractivity contribution in [2.24, 2.45) is 0 Å². The minimum Gasteiger partial charge on any atom is -0.452 e. The van der Waals surface area contributed by atoms with Crippen LogP contribution in [0.1, 0.15) is 56.1 Å². The van der Waals surface area contributed by atoms with Crippen LogP contribution < -0.4 is 10.2 Å². The summed E-state index contributed by atoms with van der Waals surface area (Å²) in [5.41, 5.74) is 5.61. The quantitative estimate of drug-likeness (QED) is 0.643. The highest BCUT2D eigenvalue weighted by molar-refractivity contribution is 5.95. The van der Waals surface area contributed by atoms with Gasteiger partial charge in [0.15, 0.2) is 0 Å². The van der Waals surface area contributed by atoms with Gasteiger partial charge in [-0.05, 0) is 63.8 Å². The molecule has 168 valence electrons. The average Bonchev–Trinajstić information content (AvgIpc) is 3.17. The van der Waals surface area contributed by atoms with E-state index in [4.69, 9.17) is 9.72 Å². The minimum absolute atomic E-state index is 0.114. The van der Waals surface area contributed by atoms with Crippen molar-refractivity contribution < 1.29 is 9.53 Å². The number of aryl methyl sites for hydroxylation is 1. The highest BCUT2D eigenvalue weighted by Crippen LogP contribution is 2.38. The lowest BCUT2D eigenvalue weighted by molar-refractivity contribution is 0.175. The van der Waals surface area contributed by atoms with Crippen molar-refractivity contribution in [3.63, 3.8) is 0 Å². The third-order valence-corrected chi connectivity index (χ3v) is 7.07. The average molecular weight is 433 g/mol. The van der Waals surface area contributed by atoms with E-state index in [1.807, 2.05) is 0 Å². The van der Waals surface area contributed by atoms with Crippen LogP contribution in [0.4, 0.5) is 10.5 Å². The summed E-state index contributed by atoms with van der Waals surface area (Å²) in [7, 11) is 1.45. The monoisotopic (exact) mass is 432 g/mol. The molecule has 0 aliphatic carbocycles. The fourth-order valence-electron chi connectivity index (χ4n) is 5.47. The summed E-state index contributed by atoms with van der Waals surface area (Å²) in [6, 6.07) is 15.9. The molecule has 0 bridgehead atoms. The largest absolute Gasteiger partial charge is 0.452 e. The molecule has 6 nitrogen and oxygen atoms in total. The van der Waals surface area contributed by atoms with Gasteiger partial charge in [-0.25, -0.2) is 9.78 Å². The summed E-state index contributed by atoms with van der Waals surface area (Å²) in [4.78, 5) is 19.6. The zero-order chi connectivity index (χ0) is 22.2. The first-order valence-corrected chi connectivity index (χ1v) is 11.7. The number of imidazole rings is 1. The predicted octanol–water partition coefficient (Wildman–Crippen LogP) is 4.85. The Labute approximate surface area is 189 Å². The second-order valence-corrected chi connectivity index (χ2v) is 9.25. The van der Waals surface area contributed by atoms with Gasteiger partial charge in [0.05, 0.1) is 23.8 Å². The molecule has 3 atom stereocenters. The number of hydrogen-bond acceptors (Lipinski definition) is 4. The minimum atomic E-state index is -0.297. The van der Waals surface area contributed by atoms with E-state index in [0.717, 1.165) is 55.7 Å². The number of hydrogen-bond donors (Lipinski definition) is 1. The van der Waals surface area contributed by atoms with E-state index in [-0.39, 0.29) is 12.1 Å². The predicted molar refractivity (Wildman–Crippen MR) is 127 cm³/mol. The zero-order valence-corrected chi connectivity index (χ0v) is 19.2. The normalized spacial score (nSPS) is 23.2. The van der Waals surface area contributed by atoms with Gasteiger partial charge in [-0.2, -0.15) is 0 Å². The molecule has 2 aliphatic heterocycles. The van der Waals surface area contributed by atoms with Gasteiger partial charge in [0.1, 0.15) is 5.82 Å². The van der Waals surface area contributed by atoms with Crippen LogP contribution in [-0.4, -0.2) is 41.4 Å². The van der Waals surface area contributed by atoms with Gasteiger partial charge in [0, 0.05) is 30.1 Å². The number of amides is 1. The molecule has 3 heterocycles. The summed E-state index contributed by atoms with van der Waals surface area (Å²) in [5.74, 6) is 1.11. The van der Waals surface area contributed by atoms with Crippen molar-refractivity contribution in [1.29, 1.82) is 0 Å². The molecule has 0 radical (unpaired) electrons. The molecular weight excluding hydrogens is 400 g/mol. The maximum atomic E-state index is 12.5. The molecule has 5 rings (SSSR count). The number of aromatic nitrogens is 2. The summed E-state index contributed by atoms with van der Waals surface area (Å²) >= 11 is 0. The fraction of sp³-hybridized carbons (Fsp3) is 0.462. The number of ether oxygens (including phenoxy) is 1. The van der Waals surface area contributed by atoms with Crippen LogP contribution in [-0.2, 0) is 17.6 Å². The van der Waals surface area contributed by atoms with Crippen LogP contribution in [0.15, 0.2) is 42.5 Å². The maximum absolute atomic E-state index is 12.5. The molecule has 1 unspecified atom stereocenters. The Morgan fingerprint density at radius 1 is 1.16 bits per heavy atom. The van der Waals surface area contributed by atoms with Crippen LogP contribution >= 0.6 is 0 Å². The Kier molecular flexibility index (Phi) is 5.64. The molecule has 3 aromatic rings. The van der Waals surface area contributed by atoms with E-state index in [1.165, 1.54) is 23.8 Å². The summed E-state index contributed by atoms with van der Waals surface area (Å²) < 4.78 is 7.58. The van der Waals surface area contributed by atoms with Crippen molar-refractivity contribution in [2.45, 2.75) is 64.1 Å². The molecule has 1 N–H and O–H groups in total. The molecule has 6 heteroatoms. The van der Waals surface area contributed by atoms with Crippen molar-refractivity contribution >= 4 is 22.8 Å². The van der Waals surface area contributed by atoms with Crippen LogP contribution in [0.25, 0.3) is 11.0 Å². The molecule has 2 aliphatic rings. The summed E-state index contributed by atoms with van der Waals surface area (Å²) in [6.07, 6.45) is 4.53. The highest BCUT2D eigenvalue weighted by atomic mass is 16.5. The first-order chi connectivity index (χ1) is 15.6. The number of piperidine rings is 1. The van der Waals surface area contributed by atoms with E-state index in [1.54, 1.807) is 4.90 Å². The van der Waals surface area contributed by atoms with Gasteiger partial charge in [-0.3, -0.25) is 4.90 Å². The highest BCUT2D eigenvalue weighted by Gasteiger charge is 2.32. The Bertz CT molecular complexity index is 1120. The lowest BCUT2D eigenvalue weighted by atomic mass is 9.95. The first kappa shape index (κ1) is 21.0. The van der Waals surface area contributed by atoms with E-state index >= 15 is 0 Å². The number of nitrogens with one attached hydrogen (secondary N) is 1. The fourth-order valence-corrected chi connectivity index (χ4v) is 5.47. The molecule has 1 amide bonds. The molecule has 1 aromatic heterocycles. The van der Waals surface area contributed by atoms with Crippen molar-refractivity contribution in [1.82, 2.24) is 14.9 Å². The molecule has 2 aromatic carbocycles. The molecule has 0 saturated carbocycles. The van der Waals surface area contributed by atoms with Crippen LogP contribution in [0, 0.1) is 0 Å². The van der Waals surface area contributed by atoms with E-state index < -0.39 is 0 Å². The van der Waals surface area contributed by atoms with Gasteiger partial charge in [0.2, 0.25) is 0 Å². The Balaban J connectivity index is 1.66. The number of fused-ring (bicyclic) bond motifs is 3. The van der Waals surface area contributed by atoms with Gasteiger partial charge >= 0.3 is 6.09 Å². The molecule has 32 heavy (non-hydrogen) atoms. The van der Waals surface area contributed by atoms with Crippen molar-refractivity contribution in [3.8, 4) is 0 Å². The second kappa shape index (κ2) is 8.58. The summed E-state index contributed by atoms with van der Waals surface area (Å²) in [6.45, 7) is 5.37. The lowest BCUT2D eigenvalue weighted by Gasteiger charge is -2.34. The van der Waals surface area contributed by atoms with Crippen molar-refractivity contribution in [3.05, 3.63) is 59.4 Å². The van der Waals surface area contributed by atoms with Gasteiger partial charge in [0.25, 0.3) is 0 Å². The SMILES string of the molecule is COC(=O)N1c2ccc3c(nc(Cc4ccccc4)n3C3CCN[C@@H](C)C3)c2CC[C@H]1C. The van der Waals surface area contributed by atoms with Crippen LogP contribution in [0.5, 0.6) is 0 Å². The lowest BCUT2D eigenvalue weighted by Crippen LogP contribution is -2.42. The standard InChI is InChI=1S/C26H32N4O2/c1-17-15-20(13-14-27-17)30-23-12-11-22-21(10-9-18(2)29(22)26(31)32-3)25(23)28-24(30)16-19-7-5-4-6-8-19/h4-8,11-12,17-18,20,27H,9-10,13-16H2,1-3H3/t17-,18+,20?/m0/s1. The van der Waals surface area contributed by atoms with E-state index in [2.05, 4.69) is 66.2 Å². The topological polar surface area (TPSA) is 59.4 Å². The molecule has 1 saturated heterocycles. The number of benzene rings is 2. The number of rotatable bonds is 3. The Hall–Kier alpha value is -2.86. The summed E-state index contributed by atoms with van der Waals surface area (Å²) in [5, 5.41) is 3.58. The second-order valence-electron chi connectivity index (χ2n) is 9.25. The zero-order valence-electron chi connectivity index (χ0n) is 19.2. The Morgan fingerprint density at radius 3 is 2.72 bits per heavy atom. The number of methoxy groups -OCH3 is 1.